The maximum absolute atomic E-state index is 5.56. The number of nitrogens with zero attached hydrogens (tertiary/aromatic N) is 4. The molecule has 4 aromatic rings. The van der Waals surface area contributed by atoms with Gasteiger partial charge in [-0.2, -0.15) is 5.10 Å². The second-order valence-electron chi connectivity index (χ2n) is 7.04. The van der Waals surface area contributed by atoms with Crippen molar-refractivity contribution in [3.63, 3.8) is 0 Å². The first-order chi connectivity index (χ1) is 15.1. The highest BCUT2D eigenvalue weighted by Crippen LogP contribution is 2.30. The zero-order valence-electron chi connectivity index (χ0n) is 18.1. The molecule has 0 aliphatic carbocycles. The topological polar surface area (TPSA) is 73.6 Å². The number of allylic oxidation sites excluding steroid dienone is 1. The molecular formula is C24H25N5O2. The third-order valence-electron chi connectivity index (χ3n) is 4.99. The highest BCUT2D eigenvalue weighted by atomic mass is 16.5. The zero-order valence-corrected chi connectivity index (χ0v) is 18.1. The largest absolute Gasteiger partial charge is 0.496 e. The second-order valence-corrected chi connectivity index (χ2v) is 7.04. The van der Waals surface area contributed by atoms with Crippen LogP contribution < -0.4 is 10.1 Å². The molecule has 0 spiro atoms. The van der Waals surface area contributed by atoms with Crippen LogP contribution >= 0.6 is 0 Å². The summed E-state index contributed by atoms with van der Waals surface area (Å²) in [5.74, 6) is 2.32. The maximum Gasteiger partial charge on any atom is 0.178 e. The van der Waals surface area contributed by atoms with E-state index in [0.717, 1.165) is 51.6 Å². The number of anilines is 2. The molecule has 7 nitrogen and oxygen atoms in total. The molecule has 0 atom stereocenters. The fraction of sp³-hybridized carbons (Fsp3) is 0.208. The average molecular weight is 415 g/mol. The molecule has 4 rings (SSSR count). The number of benzene rings is 1. The van der Waals surface area contributed by atoms with Gasteiger partial charge in [0.25, 0.3) is 0 Å². The molecule has 0 bridgehead atoms. The van der Waals surface area contributed by atoms with Gasteiger partial charge >= 0.3 is 0 Å². The number of pyridine rings is 2. The fourth-order valence-corrected chi connectivity index (χ4v) is 3.50. The number of nitrogens with one attached hydrogen (secondary N) is 1. The Bertz CT molecular complexity index is 1250. The number of aryl methyl sites for hydroxylation is 1. The van der Waals surface area contributed by atoms with E-state index >= 15 is 0 Å². The highest BCUT2D eigenvalue weighted by Gasteiger charge is 2.11. The number of ether oxygens (including phenoxy) is 2. The van der Waals surface area contributed by atoms with Crippen LogP contribution in [0.15, 0.2) is 61.1 Å². The van der Waals surface area contributed by atoms with Gasteiger partial charge in [0.15, 0.2) is 5.65 Å². The smallest absolute Gasteiger partial charge is 0.178 e. The standard InChI is InChI=1S/C24H25N5O2/c1-5-7-22(31-4)18-9-6-8-17(12-18)19-13-20(24-25-15-26-29(24)14-19)28-23-11-10-21(30-3)16(2)27-23/h6-15H,5H2,1-4H3,(H,27,28). The van der Waals surface area contributed by atoms with Crippen LogP contribution in [-0.2, 0) is 4.74 Å². The van der Waals surface area contributed by atoms with Gasteiger partial charge in [0.1, 0.15) is 23.7 Å². The van der Waals surface area contributed by atoms with Crippen LogP contribution in [0, 0.1) is 6.92 Å². The van der Waals surface area contributed by atoms with E-state index in [4.69, 9.17) is 9.47 Å². The van der Waals surface area contributed by atoms with Crippen LogP contribution in [0.1, 0.15) is 24.6 Å². The molecule has 0 fully saturated rings. The number of hydrogen-bond acceptors (Lipinski definition) is 6. The normalized spacial score (nSPS) is 11.5. The summed E-state index contributed by atoms with van der Waals surface area (Å²) in [6.45, 7) is 4.00. The summed E-state index contributed by atoms with van der Waals surface area (Å²) in [6.07, 6.45) is 6.49. The Balaban J connectivity index is 1.76. The summed E-state index contributed by atoms with van der Waals surface area (Å²) in [6, 6.07) is 14.1. The Kier molecular flexibility index (Phi) is 5.84. The van der Waals surface area contributed by atoms with Crippen molar-refractivity contribution < 1.29 is 9.47 Å². The summed E-state index contributed by atoms with van der Waals surface area (Å²) in [7, 11) is 3.33. The molecule has 0 saturated heterocycles. The van der Waals surface area contributed by atoms with Crippen molar-refractivity contribution in [1.82, 2.24) is 19.6 Å². The Morgan fingerprint density at radius 2 is 2.00 bits per heavy atom. The summed E-state index contributed by atoms with van der Waals surface area (Å²) in [4.78, 5) is 8.98. The molecule has 0 radical (unpaired) electrons. The van der Waals surface area contributed by atoms with Gasteiger partial charge in [0.05, 0.1) is 25.6 Å². The molecule has 0 unspecified atom stereocenters. The number of fused-ring (bicyclic) bond motifs is 1. The monoisotopic (exact) mass is 415 g/mol. The summed E-state index contributed by atoms with van der Waals surface area (Å²) >= 11 is 0. The Morgan fingerprint density at radius 1 is 1.13 bits per heavy atom. The van der Waals surface area contributed by atoms with Gasteiger partial charge < -0.3 is 14.8 Å². The molecule has 7 heteroatoms. The van der Waals surface area contributed by atoms with Crippen LogP contribution in [0.25, 0.3) is 22.5 Å². The van der Waals surface area contributed by atoms with Crippen molar-refractivity contribution in [1.29, 1.82) is 0 Å². The molecule has 3 aromatic heterocycles. The minimum Gasteiger partial charge on any atom is -0.496 e. The first-order valence-corrected chi connectivity index (χ1v) is 10.1. The van der Waals surface area contributed by atoms with Crippen molar-refractivity contribution in [3.05, 3.63) is 72.3 Å². The van der Waals surface area contributed by atoms with Crippen molar-refractivity contribution in [3.8, 4) is 16.9 Å². The maximum atomic E-state index is 5.56. The lowest BCUT2D eigenvalue weighted by Gasteiger charge is -2.12. The van der Waals surface area contributed by atoms with Gasteiger partial charge in [-0.3, -0.25) is 0 Å². The Hall–Kier alpha value is -3.87. The van der Waals surface area contributed by atoms with Gasteiger partial charge in [-0.1, -0.05) is 25.1 Å². The van der Waals surface area contributed by atoms with E-state index in [1.54, 1.807) is 25.1 Å². The molecule has 1 N–H and O–H groups in total. The van der Waals surface area contributed by atoms with Gasteiger partial charge in [-0.15, -0.1) is 0 Å². The lowest BCUT2D eigenvalue weighted by atomic mass is 10.0. The van der Waals surface area contributed by atoms with E-state index in [9.17, 15) is 0 Å². The predicted octanol–water partition coefficient (Wildman–Crippen LogP) is 5.25. The minimum atomic E-state index is 0.710. The molecule has 31 heavy (non-hydrogen) atoms. The average Bonchev–Trinajstić information content (AvgIpc) is 3.27. The Labute approximate surface area is 181 Å². The number of aromatic nitrogens is 4. The molecule has 0 aliphatic heterocycles. The summed E-state index contributed by atoms with van der Waals surface area (Å²) in [5.41, 5.74) is 5.42. The summed E-state index contributed by atoms with van der Waals surface area (Å²) < 4.78 is 12.6. The zero-order chi connectivity index (χ0) is 21.8. The number of methoxy groups -OCH3 is 2. The number of rotatable bonds is 7. The van der Waals surface area contributed by atoms with Crippen LogP contribution in [0.5, 0.6) is 5.75 Å². The van der Waals surface area contributed by atoms with Gasteiger partial charge in [0.2, 0.25) is 0 Å². The van der Waals surface area contributed by atoms with E-state index in [2.05, 4.69) is 51.6 Å². The first kappa shape index (κ1) is 20.4. The van der Waals surface area contributed by atoms with Crippen LogP contribution in [0.4, 0.5) is 11.5 Å². The minimum absolute atomic E-state index is 0.710. The lowest BCUT2D eigenvalue weighted by molar-refractivity contribution is 0.369. The third kappa shape index (κ3) is 4.21. The molecular weight excluding hydrogens is 390 g/mol. The van der Waals surface area contributed by atoms with Crippen molar-refractivity contribution in [2.45, 2.75) is 20.3 Å². The predicted molar refractivity (Wildman–Crippen MR) is 123 cm³/mol. The molecule has 0 saturated carbocycles. The molecule has 158 valence electrons. The van der Waals surface area contributed by atoms with Crippen molar-refractivity contribution >= 4 is 22.9 Å². The second kappa shape index (κ2) is 8.87. The molecule has 3 heterocycles. The Morgan fingerprint density at radius 3 is 2.74 bits per heavy atom. The van der Waals surface area contributed by atoms with Gasteiger partial charge in [-0.25, -0.2) is 14.5 Å². The van der Waals surface area contributed by atoms with Crippen molar-refractivity contribution in [2.24, 2.45) is 0 Å². The fourth-order valence-electron chi connectivity index (χ4n) is 3.50. The SMILES string of the molecule is CCC=C(OC)c1cccc(-c2cc(Nc3ccc(OC)c(C)n3)c3ncnn3c2)c1. The van der Waals surface area contributed by atoms with Crippen LogP contribution in [0.2, 0.25) is 0 Å². The first-order valence-electron chi connectivity index (χ1n) is 10.1. The highest BCUT2D eigenvalue weighted by molar-refractivity contribution is 5.80. The lowest BCUT2D eigenvalue weighted by Crippen LogP contribution is -2.00. The van der Waals surface area contributed by atoms with E-state index < -0.39 is 0 Å². The number of hydrogen-bond donors (Lipinski definition) is 1. The van der Waals surface area contributed by atoms with E-state index in [1.807, 2.05) is 37.4 Å². The van der Waals surface area contributed by atoms with Crippen LogP contribution in [0.3, 0.4) is 0 Å². The van der Waals surface area contributed by atoms with Gasteiger partial charge in [-0.05, 0) is 49.2 Å². The van der Waals surface area contributed by atoms with Crippen LogP contribution in [-0.4, -0.2) is 33.8 Å². The summed E-state index contributed by atoms with van der Waals surface area (Å²) in [5, 5.41) is 7.72. The van der Waals surface area contributed by atoms with E-state index in [-0.39, 0.29) is 0 Å². The molecule has 1 aromatic carbocycles. The molecule has 0 aliphatic rings. The van der Waals surface area contributed by atoms with Gasteiger partial charge in [0, 0.05) is 17.3 Å². The van der Waals surface area contributed by atoms with E-state index in [0.29, 0.717) is 5.82 Å². The van der Waals surface area contributed by atoms with Crippen molar-refractivity contribution in [2.75, 3.05) is 19.5 Å². The molecule has 0 amide bonds. The van der Waals surface area contributed by atoms with E-state index in [1.165, 1.54) is 0 Å². The quantitative estimate of drug-likeness (QED) is 0.416. The third-order valence-corrected chi connectivity index (χ3v) is 4.99.